The lowest BCUT2D eigenvalue weighted by Gasteiger charge is -2.01. The van der Waals surface area contributed by atoms with Gasteiger partial charge in [0.05, 0.1) is 5.56 Å². The smallest absolute Gasteiger partial charge is 0.192 e. The van der Waals surface area contributed by atoms with Gasteiger partial charge in [-0.1, -0.05) is 0 Å². The van der Waals surface area contributed by atoms with Crippen molar-refractivity contribution in [2.45, 2.75) is 10.1 Å². The van der Waals surface area contributed by atoms with Crippen LogP contribution in [0.15, 0.2) is 46.7 Å². The zero-order valence-corrected chi connectivity index (χ0v) is 8.91. The first kappa shape index (κ1) is 10.6. The van der Waals surface area contributed by atoms with E-state index in [1.807, 2.05) is 6.07 Å². The van der Waals surface area contributed by atoms with Gasteiger partial charge >= 0.3 is 0 Å². The molecule has 0 amide bonds. The van der Waals surface area contributed by atoms with E-state index in [0.717, 1.165) is 0 Å². The van der Waals surface area contributed by atoms with E-state index in [2.05, 4.69) is 9.97 Å². The summed E-state index contributed by atoms with van der Waals surface area (Å²) in [5.41, 5.74) is 0.289. The Morgan fingerprint density at radius 3 is 2.69 bits per heavy atom. The molecular formula is C11H6FN3S. The molecule has 0 radical (unpaired) electrons. The van der Waals surface area contributed by atoms with E-state index in [4.69, 9.17) is 5.26 Å². The van der Waals surface area contributed by atoms with Crippen molar-refractivity contribution in [1.29, 1.82) is 5.26 Å². The van der Waals surface area contributed by atoms with Gasteiger partial charge in [0, 0.05) is 17.3 Å². The highest BCUT2D eigenvalue weighted by molar-refractivity contribution is 7.99. The molecule has 0 saturated heterocycles. The minimum Gasteiger partial charge on any atom is -0.231 e. The minimum atomic E-state index is -0.421. The van der Waals surface area contributed by atoms with Gasteiger partial charge in [-0.2, -0.15) is 5.26 Å². The molecule has 16 heavy (non-hydrogen) atoms. The predicted molar refractivity (Wildman–Crippen MR) is 57.3 cm³/mol. The third-order valence-electron chi connectivity index (χ3n) is 1.81. The summed E-state index contributed by atoms with van der Waals surface area (Å²) in [6.45, 7) is 0. The number of nitrogens with zero attached hydrogens (tertiary/aromatic N) is 3. The lowest BCUT2D eigenvalue weighted by Crippen LogP contribution is -1.87. The van der Waals surface area contributed by atoms with Crippen LogP contribution in [0.2, 0.25) is 0 Å². The summed E-state index contributed by atoms with van der Waals surface area (Å²) < 4.78 is 12.9. The molecule has 1 aromatic carbocycles. The van der Waals surface area contributed by atoms with E-state index < -0.39 is 5.82 Å². The fourth-order valence-corrected chi connectivity index (χ4v) is 1.89. The summed E-state index contributed by atoms with van der Waals surface area (Å²) >= 11 is 1.24. The summed E-state index contributed by atoms with van der Waals surface area (Å²) in [4.78, 5) is 8.69. The van der Waals surface area contributed by atoms with Crippen molar-refractivity contribution in [3.8, 4) is 6.07 Å². The standard InChI is InChI=1S/C11H6FN3S/c12-9-2-3-10(8(6-9)7-13)16-11-14-4-1-5-15-11/h1-6H. The highest BCUT2D eigenvalue weighted by Gasteiger charge is 2.06. The van der Waals surface area contributed by atoms with E-state index >= 15 is 0 Å². The van der Waals surface area contributed by atoms with Crippen molar-refractivity contribution in [3.63, 3.8) is 0 Å². The highest BCUT2D eigenvalue weighted by atomic mass is 32.2. The molecule has 2 aromatic rings. The molecule has 0 bridgehead atoms. The minimum absolute atomic E-state index is 0.289. The molecule has 1 heterocycles. The summed E-state index contributed by atoms with van der Waals surface area (Å²) in [7, 11) is 0. The Morgan fingerprint density at radius 2 is 2.00 bits per heavy atom. The average Bonchev–Trinajstić information content (AvgIpc) is 2.33. The zero-order valence-electron chi connectivity index (χ0n) is 8.09. The second-order valence-electron chi connectivity index (χ2n) is 2.89. The van der Waals surface area contributed by atoms with Gasteiger partial charge in [-0.15, -0.1) is 0 Å². The SMILES string of the molecule is N#Cc1cc(F)ccc1Sc1ncccn1. The molecule has 0 unspecified atom stereocenters. The number of hydrogen-bond donors (Lipinski definition) is 0. The molecule has 2 rings (SSSR count). The van der Waals surface area contributed by atoms with Gasteiger partial charge in [0.1, 0.15) is 11.9 Å². The molecule has 3 nitrogen and oxygen atoms in total. The van der Waals surface area contributed by atoms with Crippen LogP contribution in [0.1, 0.15) is 5.56 Å². The molecule has 78 valence electrons. The molecule has 0 fully saturated rings. The number of aromatic nitrogens is 2. The van der Waals surface area contributed by atoms with Gasteiger partial charge in [0.15, 0.2) is 5.16 Å². The van der Waals surface area contributed by atoms with Crippen LogP contribution in [0.25, 0.3) is 0 Å². The maximum absolute atomic E-state index is 12.9. The first-order chi connectivity index (χ1) is 7.79. The molecule has 0 N–H and O–H groups in total. The van der Waals surface area contributed by atoms with Crippen LogP contribution in [0.4, 0.5) is 4.39 Å². The summed E-state index contributed by atoms with van der Waals surface area (Å²) in [6.07, 6.45) is 3.23. The van der Waals surface area contributed by atoms with Gasteiger partial charge in [-0.25, -0.2) is 14.4 Å². The molecule has 0 aliphatic carbocycles. The molecule has 1 aromatic heterocycles. The van der Waals surface area contributed by atoms with Crippen molar-refractivity contribution >= 4 is 11.8 Å². The Balaban J connectivity index is 2.32. The van der Waals surface area contributed by atoms with Crippen molar-refractivity contribution < 1.29 is 4.39 Å². The molecule has 5 heteroatoms. The summed E-state index contributed by atoms with van der Waals surface area (Å²) in [6, 6.07) is 7.71. The van der Waals surface area contributed by atoms with Gasteiger partial charge in [0.2, 0.25) is 0 Å². The quantitative estimate of drug-likeness (QED) is 0.745. The fourth-order valence-electron chi connectivity index (χ4n) is 1.12. The van der Waals surface area contributed by atoms with E-state index in [1.165, 1.54) is 23.9 Å². The van der Waals surface area contributed by atoms with Crippen LogP contribution in [0.5, 0.6) is 0 Å². The predicted octanol–water partition coefficient (Wildman–Crippen LogP) is 2.64. The normalized spacial score (nSPS) is 9.75. The van der Waals surface area contributed by atoms with E-state index in [0.29, 0.717) is 10.1 Å². The molecular weight excluding hydrogens is 225 g/mol. The van der Waals surface area contributed by atoms with Crippen LogP contribution in [-0.2, 0) is 0 Å². The van der Waals surface area contributed by atoms with Crippen LogP contribution in [0, 0.1) is 17.1 Å². The van der Waals surface area contributed by atoms with Gasteiger partial charge in [0.25, 0.3) is 0 Å². The van der Waals surface area contributed by atoms with Crippen molar-refractivity contribution in [2.24, 2.45) is 0 Å². The maximum atomic E-state index is 12.9. The first-order valence-electron chi connectivity index (χ1n) is 4.44. The molecule has 0 aliphatic heterocycles. The largest absolute Gasteiger partial charge is 0.231 e. The van der Waals surface area contributed by atoms with Crippen molar-refractivity contribution in [3.05, 3.63) is 48.0 Å². The monoisotopic (exact) mass is 231 g/mol. The number of benzene rings is 1. The third-order valence-corrected chi connectivity index (χ3v) is 2.77. The van der Waals surface area contributed by atoms with Crippen LogP contribution < -0.4 is 0 Å². The Morgan fingerprint density at radius 1 is 1.25 bits per heavy atom. The lowest BCUT2D eigenvalue weighted by molar-refractivity contribution is 0.626. The van der Waals surface area contributed by atoms with E-state index in [9.17, 15) is 4.39 Å². The van der Waals surface area contributed by atoms with Crippen LogP contribution in [-0.4, -0.2) is 9.97 Å². The first-order valence-corrected chi connectivity index (χ1v) is 5.26. The van der Waals surface area contributed by atoms with Gasteiger partial charge < -0.3 is 0 Å². The third kappa shape index (κ3) is 2.35. The number of hydrogen-bond acceptors (Lipinski definition) is 4. The van der Waals surface area contributed by atoms with Crippen LogP contribution in [0.3, 0.4) is 0 Å². The van der Waals surface area contributed by atoms with Gasteiger partial charge in [-0.3, -0.25) is 0 Å². The maximum Gasteiger partial charge on any atom is 0.192 e. The van der Waals surface area contributed by atoms with Gasteiger partial charge in [-0.05, 0) is 36.0 Å². The number of halogens is 1. The topological polar surface area (TPSA) is 49.6 Å². The fraction of sp³-hybridized carbons (Fsp3) is 0. The Labute approximate surface area is 96.0 Å². The molecule has 0 spiro atoms. The van der Waals surface area contributed by atoms with E-state index in [-0.39, 0.29) is 5.56 Å². The van der Waals surface area contributed by atoms with E-state index in [1.54, 1.807) is 24.5 Å². The van der Waals surface area contributed by atoms with Crippen LogP contribution >= 0.6 is 11.8 Å². The summed E-state index contributed by atoms with van der Waals surface area (Å²) in [5.74, 6) is -0.421. The summed E-state index contributed by atoms with van der Waals surface area (Å²) in [5, 5.41) is 9.38. The van der Waals surface area contributed by atoms with Crippen molar-refractivity contribution in [2.75, 3.05) is 0 Å². The second-order valence-corrected chi connectivity index (χ2v) is 3.89. The lowest BCUT2D eigenvalue weighted by atomic mass is 10.2. The second kappa shape index (κ2) is 4.73. The van der Waals surface area contributed by atoms with Crippen molar-refractivity contribution in [1.82, 2.24) is 9.97 Å². The Kier molecular flexibility index (Phi) is 3.13. The molecule has 0 aliphatic rings. The average molecular weight is 231 g/mol. The number of nitriles is 1. The zero-order chi connectivity index (χ0) is 11.4. The Hall–Kier alpha value is -1.93. The number of rotatable bonds is 2. The Bertz CT molecular complexity index is 537. The highest BCUT2D eigenvalue weighted by Crippen LogP contribution is 2.27. The molecule has 0 atom stereocenters. The molecule has 0 saturated carbocycles.